The fraction of sp³-hybridized carbons (Fsp3) is 0.158. The normalized spacial score (nSPS) is 15.6. The van der Waals surface area contributed by atoms with Gasteiger partial charge in [-0.2, -0.15) is 5.10 Å². The van der Waals surface area contributed by atoms with E-state index in [0.29, 0.717) is 28.7 Å². The lowest BCUT2D eigenvalue weighted by Crippen LogP contribution is -2.26. The number of H-pyrrole nitrogens is 1. The number of benzene rings is 1. The summed E-state index contributed by atoms with van der Waals surface area (Å²) in [6, 6.07) is 12.9. The van der Waals surface area contributed by atoms with E-state index in [0.717, 1.165) is 5.56 Å². The lowest BCUT2D eigenvalue weighted by atomic mass is 9.86. The summed E-state index contributed by atoms with van der Waals surface area (Å²) in [5, 5.41) is 12.0. The minimum Gasteiger partial charge on any atom is -0.439 e. The third kappa shape index (κ3) is 3.24. The zero-order valence-corrected chi connectivity index (χ0v) is 14.5. The van der Waals surface area contributed by atoms with Crippen LogP contribution in [0.25, 0.3) is 0 Å². The van der Waals surface area contributed by atoms with Gasteiger partial charge in [-0.3, -0.25) is 14.7 Å². The second-order valence-corrected chi connectivity index (χ2v) is 6.09. The van der Waals surface area contributed by atoms with E-state index in [-0.39, 0.29) is 24.2 Å². The number of hydrogen-bond acceptors (Lipinski definition) is 5. The summed E-state index contributed by atoms with van der Waals surface area (Å²) in [5.41, 5.74) is 1.80. The molecule has 2 amide bonds. The zero-order valence-electron chi connectivity index (χ0n) is 14.5. The first-order chi connectivity index (χ1) is 13.2. The monoisotopic (exact) mass is 363 g/mol. The van der Waals surface area contributed by atoms with Crippen LogP contribution in [-0.4, -0.2) is 34.0 Å². The van der Waals surface area contributed by atoms with Gasteiger partial charge in [-0.1, -0.05) is 24.3 Å². The van der Waals surface area contributed by atoms with Crippen LogP contribution >= 0.6 is 0 Å². The Balaban J connectivity index is 1.65. The van der Waals surface area contributed by atoms with E-state index in [9.17, 15) is 9.59 Å². The van der Waals surface area contributed by atoms with E-state index in [1.807, 2.05) is 36.4 Å². The molecule has 1 atom stereocenters. The Morgan fingerprint density at radius 2 is 2.04 bits per heavy atom. The van der Waals surface area contributed by atoms with Crippen molar-refractivity contribution in [1.82, 2.24) is 20.5 Å². The van der Waals surface area contributed by atoms with Gasteiger partial charge >= 0.3 is 0 Å². The van der Waals surface area contributed by atoms with Crippen molar-refractivity contribution in [3.05, 3.63) is 65.5 Å². The lowest BCUT2D eigenvalue weighted by Gasteiger charge is -2.23. The van der Waals surface area contributed by atoms with Gasteiger partial charge in [-0.15, -0.1) is 0 Å². The molecule has 1 aromatic carbocycles. The molecule has 3 heterocycles. The number of nitrogens with one attached hydrogen (secondary N) is 3. The Bertz CT molecular complexity index is 982. The van der Waals surface area contributed by atoms with E-state index in [4.69, 9.17) is 4.74 Å². The number of carbonyl (C=O) groups excluding carboxylic acids is 2. The van der Waals surface area contributed by atoms with Gasteiger partial charge in [0.05, 0.1) is 0 Å². The van der Waals surface area contributed by atoms with Gasteiger partial charge in [0.25, 0.3) is 5.91 Å². The molecule has 8 nitrogen and oxygen atoms in total. The Morgan fingerprint density at radius 1 is 1.22 bits per heavy atom. The molecule has 1 aliphatic rings. The van der Waals surface area contributed by atoms with Crippen molar-refractivity contribution >= 4 is 17.6 Å². The van der Waals surface area contributed by atoms with Gasteiger partial charge in [0.15, 0.2) is 5.82 Å². The number of amides is 2. The molecule has 2 aromatic heterocycles. The molecule has 0 fully saturated rings. The molecule has 0 radical (unpaired) electrons. The second kappa shape index (κ2) is 6.91. The standard InChI is InChI=1S/C19H17N5O3/c1-20-19(26)17-16-13(9-14(25)22-18(16)24-23-17)11-7-8-15(21-10-11)27-12-5-3-2-4-6-12/h2-8,10,13H,9H2,1H3,(H,20,26)(H2,22,23,24,25). The van der Waals surface area contributed by atoms with Gasteiger partial charge < -0.3 is 15.4 Å². The molecule has 0 saturated carbocycles. The van der Waals surface area contributed by atoms with Gasteiger partial charge in [-0.05, 0) is 17.7 Å². The number of aromatic nitrogens is 3. The van der Waals surface area contributed by atoms with Crippen LogP contribution in [0.3, 0.4) is 0 Å². The van der Waals surface area contributed by atoms with Gasteiger partial charge in [0, 0.05) is 37.2 Å². The molecule has 1 unspecified atom stereocenters. The predicted octanol–water partition coefficient (Wildman–Crippen LogP) is 2.43. The van der Waals surface area contributed by atoms with E-state index in [2.05, 4.69) is 25.8 Å². The number of anilines is 1. The quantitative estimate of drug-likeness (QED) is 0.660. The number of carbonyl (C=O) groups is 2. The number of fused-ring (bicyclic) bond motifs is 1. The van der Waals surface area contributed by atoms with Crippen molar-refractivity contribution in [3.8, 4) is 11.6 Å². The fourth-order valence-electron chi connectivity index (χ4n) is 3.11. The molecule has 0 bridgehead atoms. The van der Waals surface area contributed by atoms with E-state index >= 15 is 0 Å². The summed E-state index contributed by atoms with van der Waals surface area (Å²) >= 11 is 0. The zero-order chi connectivity index (χ0) is 18.8. The average molecular weight is 363 g/mol. The first kappa shape index (κ1) is 16.8. The fourth-order valence-corrected chi connectivity index (χ4v) is 3.11. The number of hydrogen-bond donors (Lipinski definition) is 3. The maximum atomic E-state index is 12.1. The lowest BCUT2D eigenvalue weighted by molar-refractivity contribution is -0.116. The highest BCUT2D eigenvalue weighted by atomic mass is 16.5. The van der Waals surface area contributed by atoms with Crippen LogP contribution in [0.4, 0.5) is 5.82 Å². The summed E-state index contributed by atoms with van der Waals surface area (Å²) < 4.78 is 5.70. The molecule has 3 N–H and O–H groups in total. The van der Waals surface area contributed by atoms with Crippen molar-refractivity contribution in [2.45, 2.75) is 12.3 Å². The largest absolute Gasteiger partial charge is 0.439 e. The Labute approximate surface area is 155 Å². The first-order valence-electron chi connectivity index (χ1n) is 8.44. The number of nitrogens with zero attached hydrogens (tertiary/aromatic N) is 2. The van der Waals surface area contributed by atoms with Crippen LogP contribution in [0.15, 0.2) is 48.7 Å². The topological polar surface area (TPSA) is 109 Å². The molecule has 1 aliphatic heterocycles. The number of para-hydroxylation sites is 1. The first-order valence-corrected chi connectivity index (χ1v) is 8.44. The molecule has 8 heteroatoms. The maximum Gasteiger partial charge on any atom is 0.269 e. The third-order valence-corrected chi connectivity index (χ3v) is 4.38. The summed E-state index contributed by atoms with van der Waals surface area (Å²) in [7, 11) is 1.54. The van der Waals surface area contributed by atoms with Gasteiger partial charge in [-0.25, -0.2) is 4.98 Å². The maximum absolute atomic E-state index is 12.1. The highest BCUT2D eigenvalue weighted by molar-refractivity contribution is 6.00. The highest BCUT2D eigenvalue weighted by Crippen LogP contribution is 2.38. The predicted molar refractivity (Wildman–Crippen MR) is 97.8 cm³/mol. The summed E-state index contributed by atoms with van der Waals surface area (Å²) in [4.78, 5) is 28.5. The molecule has 136 valence electrons. The van der Waals surface area contributed by atoms with E-state index < -0.39 is 0 Å². The van der Waals surface area contributed by atoms with Crippen LogP contribution in [0.5, 0.6) is 11.6 Å². The molecule has 27 heavy (non-hydrogen) atoms. The van der Waals surface area contributed by atoms with Crippen molar-refractivity contribution in [2.75, 3.05) is 12.4 Å². The Morgan fingerprint density at radius 3 is 2.74 bits per heavy atom. The van der Waals surface area contributed by atoms with E-state index in [1.54, 1.807) is 19.3 Å². The van der Waals surface area contributed by atoms with Crippen LogP contribution in [0.2, 0.25) is 0 Å². The Kier molecular flexibility index (Phi) is 4.29. The van der Waals surface area contributed by atoms with Crippen molar-refractivity contribution in [1.29, 1.82) is 0 Å². The van der Waals surface area contributed by atoms with Crippen molar-refractivity contribution in [3.63, 3.8) is 0 Å². The number of pyridine rings is 1. The molecule has 3 aromatic rings. The Hall–Kier alpha value is -3.68. The van der Waals surface area contributed by atoms with Gasteiger partial charge in [0.2, 0.25) is 11.8 Å². The highest BCUT2D eigenvalue weighted by Gasteiger charge is 2.33. The van der Waals surface area contributed by atoms with Crippen LogP contribution < -0.4 is 15.4 Å². The van der Waals surface area contributed by atoms with Crippen LogP contribution in [-0.2, 0) is 4.79 Å². The molecule has 0 spiro atoms. The summed E-state index contributed by atoms with van der Waals surface area (Å²) in [6.45, 7) is 0. The van der Waals surface area contributed by atoms with Crippen LogP contribution in [0.1, 0.15) is 34.0 Å². The minimum atomic E-state index is -0.321. The molecule has 0 saturated heterocycles. The number of rotatable bonds is 4. The summed E-state index contributed by atoms with van der Waals surface area (Å²) in [6.07, 6.45) is 1.86. The van der Waals surface area contributed by atoms with E-state index in [1.165, 1.54) is 0 Å². The average Bonchev–Trinajstić information content (AvgIpc) is 3.12. The molecule has 4 rings (SSSR count). The number of ether oxygens (including phenoxy) is 1. The molecule has 0 aliphatic carbocycles. The molecular weight excluding hydrogens is 346 g/mol. The SMILES string of the molecule is CNC(=O)c1[nH]nc2c1C(c1ccc(Oc3ccccc3)nc1)CC(=O)N2. The van der Waals surface area contributed by atoms with Crippen molar-refractivity contribution in [2.24, 2.45) is 0 Å². The smallest absolute Gasteiger partial charge is 0.269 e. The molecular formula is C19H17N5O3. The van der Waals surface area contributed by atoms with Crippen LogP contribution in [0, 0.1) is 0 Å². The third-order valence-electron chi connectivity index (χ3n) is 4.38. The van der Waals surface area contributed by atoms with Gasteiger partial charge in [0.1, 0.15) is 11.4 Å². The summed E-state index contributed by atoms with van der Waals surface area (Å²) in [5.74, 6) is 0.740. The second-order valence-electron chi connectivity index (χ2n) is 6.09. The van der Waals surface area contributed by atoms with Crippen molar-refractivity contribution < 1.29 is 14.3 Å². The number of aromatic amines is 1. The minimum absolute atomic E-state index is 0.160.